The smallest absolute Gasteiger partial charge is 0.271 e. The number of nitro groups is 1. The summed E-state index contributed by atoms with van der Waals surface area (Å²) in [5.74, 6) is 0.0383. The molecule has 6 nitrogen and oxygen atoms in total. The third-order valence-electron chi connectivity index (χ3n) is 3.28. The fourth-order valence-corrected chi connectivity index (χ4v) is 2.33. The molecular weight excluding hydrogens is 270 g/mol. The van der Waals surface area contributed by atoms with Gasteiger partial charge in [0, 0.05) is 18.7 Å². The molecule has 0 spiro atoms. The molecule has 0 saturated carbocycles. The first kappa shape index (κ1) is 13.8. The molecule has 0 bridgehead atoms. The molecule has 1 aromatic rings. The average molecular weight is 284 g/mol. The van der Waals surface area contributed by atoms with Gasteiger partial charge in [-0.3, -0.25) is 14.9 Å². The second-order valence-corrected chi connectivity index (χ2v) is 5.06. The Labute approximate surface area is 115 Å². The Morgan fingerprint density at radius 3 is 2.79 bits per heavy atom. The van der Waals surface area contributed by atoms with Crippen molar-refractivity contribution in [2.24, 2.45) is 11.8 Å². The summed E-state index contributed by atoms with van der Waals surface area (Å²) in [6, 6.07) is 4.00. The van der Waals surface area contributed by atoms with Crippen molar-refractivity contribution in [2.75, 3.05) is 18.4 Å². The Balaban J connectivity index is 2.11. The highest BCUT2D eigenvalue weighted by Crippen LogP contribution is 2.28. The summed E-state index contributed by atoms with van der Waals surface area (Å²) >= 11 is 5.93. The zero-order chi connectivity index (χ0) is 14.0. The van der Waals surface area contributed by atoms with Crippen LogP contribution in [0.1, 0.15) is 6.92 Å². The quantitative estimate of drug-likeness (QED) is 0.657. The predicted molar refractivity (Wildman–Crippen MR) is 72.3 cm³/mol. The number of nitro benzene ring substituents is 1. The SMILES string of the molecule is C[C@@H]1CNC[C@H]1C(=O)Nc1ccc([N+](=O)[O-])cc1Cl. The van der Waals surface area contributed by atoms with Crippen LogP contribution in [0.4, 0.5) is 11.4 Å². The normalized spacial score (nSPS) is 22.2. The van der Waals surface area contributed by atoms with Crippen LogP contribution in [-0.4, -0.2) is 23.9 Å². The number of carbonyl (C=O) groups is 1. The number of nitrogens with zero attached hydrogens (tertiary/aromatic N) is 1. The number of halogens is 1. The van der Waals surface area contributed by atoms with Crippen LogP contribution in [0.5, 0.6) is 0 Å². The molecular formula is C12H14ClN3O3. The van der Waals surface area contributed by atoms with E-state index in [1.807, 2.05) is 6.92 Å². The summed E-state index contributed by atoms with van der Waals surface area (Å²) < 4.78 is 0. The number of rotatable bonds is 3. The van der Waals surface area contributed by atoms with Gasteiger partial charge in [0.2, 0.25) is 5.91 Å². The van der Waals surface area contributed by atoms with Crippen molar-refractivity contribution in [1.82, 2.24) is 5.32 Å². The fraction of sp³-hybridized carbons (Fsp3) is 0.417. The molecule has 7 heteroatoms. The van der Waals surface area contributed by atoms with E-state index in [9.17, 15) is 14.9 Å². The molecule has 1 amide bonds. The van der Waals surface area contributed by atoms with E-state index < -0.39 is 4.92 Å². The highest BCUT2D eigenvalue weighted by molar-refractivity contribution is 6.34. The lowest BCUT2D eigenvalue weighted by Crippen LogP contribution is -2.27. The monoisotopic (exact) mass is 283 g/mol. The van der Waals surface area contributed by atoms with Crippen molar-refractivity contribution in [2.45, 2.75) is 6.92 Å². The lowest BCUT2D eigenvalue weighted by atomic mass is 9.97. The Bertz CT molecular complexity index is 521. The first-order valence-electron chi connectivity index (χ1n) is 5.94. The minimum absolute atomic E-state index is 0.0982. The molecule has 102 valence electrons. The number of anilines is 1. The van der Waals surface area contributed by atoms with E-state index in [1.165, 1.54) is 18.2 Å². The summed E-state index contributed by atoms with van der Waals surface area (Å²) in [5, 5.41) is 16.6. The zero-order valence-corrected chi connectivity index (χ0v) is 11.1. The number of carbonyl (C=O) groups excluding carboxylic acids is 1. The van der Waals surface area contributed by atoms with Gasteiger partial charge in [0.15, 0.2) is 0 Å². The predicted octanol–water partition coefficient (Wildman–Crippen LogP) is 2.04. The van der Waals surface area contributed by atoms with Crippen molar-refractivity contribution in [1.29, 1.82) is 0 Å². The standard InChI is InChI=1S/C12H14ClN3O3/c1-7-5-14-6-9(7)12(17)15-11-3-2-8(16(18)19)4-10(11)13/h2-4,7,9,14H,5-6H2,1H3,(H,15,17)/t7-,9-/m1/s1. The average Bonchev–Trinajstić information content (AvgIpc) is 2.77. The van der Waals surface area contributed by atoms with E-state index >= 15 is 0 Å². The molecule has 2 N–H and O–H groups in total. The highest BCUT2D eigenvalue weighted by Gasteiger charge is 2.29. The van der Waals surface area contributed by atoms with Gasteiger partial charge in [-0.25, -0.2) is 0 Å². The van der Waals surface area contributed by atoms with Crippen molar-refractivity contribution in [3.05, 3.63) is 33.3 Å². The van der Waals surface area contributed by atoms with Gasteiger partial charge in [-0.15, -0.1) is 0 Å². The Morgan fingerprint density at radius 1 is 1.53 bits per heavy atom. The first-order valence-corrected chi connectivity index (χ1v) is 6.32. The molecule has 1 fully saturated rings. The van der Waals surface area contributed by atoms with Crippen LogP contribution in [0.15, 0.2) is 18.2 Å². The zero-order valence-electron chi connectivity index (χ0n) is 10.4. The van der Waals surface area contributed by atoms with Crippen LogP contribution in [0.25, 0.3) is 0 Å². The number of benzene rings is 1. The number of non-ortho nitro benzene ring substituents is 1. The molecule has 0 unspecified atom stereocenters. The van der Waals surface area contributed by atoms with Gasteiger partial charge in [0.05, 0.1) is 21.6 Å². The van der Waals surface area contributed by atoms with Gasteiger partial charge in [-0.05, 0) is 18.5 Å². The second-order valence-electron chi connectivity index (χ2n) is 4.65. The van der Waals surface area contributed by atoms with Gasteiger partial charge in [0.25, 0.3) is 5.69 Å². The molecule has 0 aliphatic carbocycles. The minimum atomic E-state index is -0.527. The van der Waals surface area contributed by atoms with E-state index in [1.54, 1.807) is 0 Å². The Morgan fingerprint density at radius 2 is 2.26 bits per heavy atom. The maximum atomic E-state index is 12.1. The van der Waals surface area contributed by atoms with E-state index in [4.69, 9.17) is 11.6 Å². The third kappa shape index (κ3) is 3.02. The van der Waals surface area contributed by atoms with Crippen LogP contribution in [0.2, 0.25) is 5.02 Å². The molecule has 2 rings (SSSR count). The topological polar surface area (TPSA) is 84.3 Å². The van der Waals surface area contributed by atoms with E-state index in [2.05, 4.69) is 10.6 Å². The molecule has 0 radical (unpaired) electrons. The lowest BCUT2D eigenvalue weighted by Gasteiger charge is -2.14. The minimum Gasteiger partial charge on any atom is -0.324 e. The van der Waals surface area contributed by atoms with Gasteiger partial charge in [0.1, 0.15) is 0 Å². The van der Waals surface area contributed by atoms with E-state index in [-0.39, 0.29) is 28.5 Å². The van der Waals surface area contributed by atoms with E-state index in [0.29, 0.717) is 12.2 Å². The maximum Gasteiger partial charge on any atom is 0.271 e. The molecule has 1 heterocycles. The Kier molecular flexibility index (Phi) is 4.01. The van der Waals surface area contributed by atoms with Gasteiger partial charge >= 0.3 is 0 Å². The molecule has 19 heavy (non-hydrogen) atoms. The van der Waals surface area contributed by atoms with Gasteiger partial charge in [-0.2, -0.15) is 0 Å². The number of nitrogens with one attached hydrogen (secondary N) is 2. The molecule has 1 saturated heterocycles. The fourth-order valence-electron chi connectivity index (χ4n) is 2.11. The molecule has 2 atom stereocenters. The second kappa shape index (κ2) is 5.54. The Hall–Kier alpha value is -1.66. The van der Waals surface area contributed by atoms with Crippen molar-refractivity contribution < 1.29 is 9.72 Å². The number of amides is 1. The van der Waals surface area contributed by atoms with Crippen LogP contribution in [-0.2, 0) is 4.79 Å². The molecule has 1 aliphatic heterocycles. The molecule has 1 aromatic carbocycles. The summed E-state index contributed by atoms with van der Waals surface area (Å²) in [6.45, 7) is 3.45. The summed E-state index contributed by atoms with van der Waals surface area (Å²) in [7, 11) is 0. The largest absolute Gasteiger partial charge is 0.324 e. The number of hydrogen-bond acceptors (Lipinski definition) is 4. The van der Waals surface area contributed by atoms with Gasteiger partial charge < -0.3 is 10.6 Å². The van der Waals surface area contributed by atoms with Crippen LogP contribution < -0.4 is 10.6 Å². The van der Waals surface area contributed by atoms with Crippen molar-refractivity contribution in [3.8, 4) is 0 Å². The van der Waals surface area contributed by atoms with Crippen LogP contribution in [0.3, 0.4) is 0 Å². The highest BCUT2D eigenvalue weighted by atomic mass is 35.5. The van der Waals surface area contributed by atoms with Crippen molar-refractivity contribution in [3.63, 3.8) is 0 Å². The summed E-state index contributed by atoms with van der Waals surface area (Å²) in [4.78, 5) is 22.1. The summed E-state index contributed by atoms with van der Waals surface area (Å²) in [6.07, 6.45) is 0. The maximum absolute atomic E-state index is 12.1. The van der Waals surface area contributed by atoms with Crippen LogP contribution in [0, 0.1) is 22.0 Å². The summed E-state index contributed by atoms with van der Waals surface area (Å²) in [5.41, 5.74) is 0.301. The number of hydrogen-bond donors (Lipinski definition) is 2. The third-order valence-corrected chi connectivity index (χ3v) is 3.59. The van der Waals surface area contributed by atoms with Gasteiger partial charge in [-0.1, -0.05) is 18.5 Å². The van der Waals surface area contributed by atoms with Crippen molar-refractivity contribution >= 4 is 28.9 Å². The van der Waals surface area contributed by atoms with Crippen LogP contribution >= 0.6 is 11.6 Å². The molecule has 1 aliphatic rings. The van der Waals surface area contributed by atoms with E-state index in [0.717, 1.165) is 6.54 Å². The lowest BCUT2D eigenvalue weighted by molar-refractivity contribution is -0.384. The molecule has 0 aromatic heterocycles. The first-order chi connectivity index (χ1) is 8.99.